The Hall–Kier alpha value is -2.17. The van der Waals surface area contributed by atoms with Gasteiger partial charge in [-0.25, -0.2) is 0 Å². The van der Waals surface area contributed by atoms with Gasteiger partial charge < -0.3 is 5.32 Å². The summed E-state index contributed by atoms with van der Waals surface area (Å²) in [6.07, 6.45) is 5.65. The summed E-state index contributed by atoms with van der Waals surface area (Å²) < 4.78 is 0. The van der Waals surface area contributed by atoms with Gasteiger partial charge in [0.15, 0.2) is 0 Å². The van der Waals surface area contributed by atoms with Crippen LogP contribution in [-0.2, 0) is 6.42 Å². The van der Waals surface area contributed by atoms with Crippen LogP contribution in [0.5, 0.6) is 0 Å². The molecule has 0 saturated carbocycles. The first kappa shape index (κ1) is 11.3. The average molecular weight is 230 g/mol. The standard InChI is InChI=1S/C12H14N4O/c1-3-11-10(7-14-16-11)12(17)15-9-4-8(2)5-13-6-9/h4-7H,3H2,1-2H3,(H,14,16)(H,15,17). The second kappa shape index (κ2) is 4.78. The fourth-order valence-corrected chi connectivity index (χ4v) is 1.60. The Bertz CT molecular complexity index is 533. The third kappa shape index (κ3) is 2.50. The Morgan fingerprint density at radius 2 is 2.24 bits per heavy atom. The first-order chi connectivity index (χ1) is 8.20. The number of carbonyl (C=O) groups excluding carboxylic acids is 1. The third-order valence-corrected chi connectivity index (χ3v) is 2.45. The van der Waals surface area contributed by atoms with Gasteiger partial charge >= 0.3 is 0 Å². The minimum atomic E-state index is -0.164. The Balaban J connectivity index is 2.17. The molecule has 1 amide bonds. The van der Waals surface area contributed by atoms with Crippen LogP contribution in [0.1, 0.15) is 28.5 Å². The van der Waals surface area contributed by atoms with Crippen molar-refractivity contribution in [3.8, 4) is 0 Å². The fourth-order valence-electron chi connectivity index (χ4n) is 1.60. The lowest BCUT2D eigenvalue weighted by Crippen LogP contribution is -2.13. The fraction of sp³-hybridized carbons (Fsp3) is 0.250. The van der Waals surface area contributed by atoms with Crippen LogP contribution in [0.4, 0.5) is 5.69 Å². The summed E-state index contributed by atoms with van der Waals surface area (Å²) in [5.74, 6) is -0.164. The van der Waals surface area contributed by atoms with Crippen LogP contribution in [0, 0.1) is 6.92 Å². The van der Waals surface area contributed by atoms with Crippen molar-refractivity contribution in [1.82, 2.24) is 15.2 Å². The number of hydrogen-bond acceptors (Lipinski definition) is 3. The Morgan fingerprint density at radius 3 is 2.94 bits per heavy atom. The summed E-state index contributed by atoms with van der Waals surface area (Å²) >= 11 is 0. The van der Waals surface area contributed by atoms with Gasteiger partial charge in [0.05, 0.1) is 23.6 Å². The molecule has 0 bridgehead atoms. The minimum Gasteiger partial charge on any atom is -0.320 e. The van der Waals surface area contributed by atoms with E-state index in [-0.39, 0.29) is 5.91 Å². The number of hydrogen-bond donors (Lipinski definition) is 2. The maximum Gasteiger partial charge on any atom is 0.259 e. The molecular formula is C12H14N4O. The van der Waals surface area contributed by atoms with Crippen molar-refractivity contribution < 1.29 is 4.79 Å². The summed E-state index contributed by atoms with van der Waals surface area (Å²) in [6.45, 7) is 3.90. The second-order valence-corrected chi connectivity index (χ2v) is 3.82. The predicted molar refractivity (Wildman–Crippen MR) is 64.9 cm³/mol. The van der Waals surface area contributed by atoms with Crippen LogP contribution in [0.2, 0.25) is 0 Å². The molecule has 0 aliphatic carbocycles. The van der Waals surface area contributed by atoms with Crippen LogP contribution >= 0.6 is 0 Å². The zero-order chi connectivity index (χ0) is 12.3. The van der Waals surface area contributed by atoms with Gasteiger partial charge in [0.25, 0.3) is 5.91 Å². The number of nitrogens with one attached hydrogen (secondary N) is 2. The smallest absolute Gasteiger partial charge is 0.259 e. The Kier molecular flexibility index (Phi) is 3.18. The molecule has 0 aliphatic rings. The molecule has 2 heterocycles. The lowest BCUT2D eigenvalue weighted by molar-refractivity contribution is 0.102. The van der Waals surface area contributed by atoms with E-state index < -0.39 is 0 Å². The van der Waals surface area contributed by atoms with Crippen LogP contribution in [0.15, 0.2) is 24.7 Å². The quantitative estimate of drug-likeness (QED) is 0.846. The summed E-state index contributed by atoms with van der Waals surface area (Å²) in [6, 6.07) is 1.87. The molecule has 0 spiro atoms. The molecule has 2 aromatic heterocycles. The highest BCUT2D eigenvalue weighted by atomic mass is 16.1. The maximum atomic E-state index is 12.0. The van der Waals surface area contributed by atoms with E-state index in [9.17, 15) is 4.79 Å². The van der Waals surface area contributed by atoms with E-state index in [2.05, 4.69) is 20.5 Å². The number of H-pyrrole nitrogens is 1. The Morgan fingerprint density at radius 1 is 1.41 bits per heavy atom. The summed E-state index contributed by atoms with van der Waals surface area (Å²) in [5, 5.41) is 9.48. The molecule has 5 heteroatoms. The number of anilines is 1. The van der Waals surface area contributed by atoms with E-state index in [0.29, 0.717) is 11.3 Å². The molecule has 0 unspecified atom stereocenters. The number of aromatic amines is 1. The molecule has 0 aliphatic heterocycles. The van der Waals surface area contributed by atoms with E-state index in [1.807, 2.05) is 19.9 Å². The van der Waals surface area contributed by atoms with Gasteiger partial charge in [-0.1, -0.05) is 6.92 Å². The highest BCUT2D eigenvalue weighted by Crippen LogP contribution is 2.11. The van der Waals surface area contributed by atoms with Gasteiger partial charge in [-0.2, -0.15) is 5.10 Å². The van der Waals surface area contributed by atoms with Crippen molar-refractivity contribution in [1.29, 1.82) is 0 Å². The summed E-state index contributed by atoms with van der Waals surface area (Å²) in [4.78, 5) is 16.0. The van der Waals surface area contributed by atoms with Gasteiger partial charge in [-0.05, 0) is 25.0 Å². The predicted octanol–water partition coefficient (Wildman–Crippen LogP) is 1.93. The Labute approximate surface area is 99.3 Å². The van der Waals surface area contributed by atoms with Crippen LogP contribution in [-0.4, -0.2) is 21.1 Å². The van der Waals surface area contributed by atoms with Crippen LogP contribution in [0.3, 0.4) is 0 Å². The molecule has 2 aromatic rings. The molecule has 17 heavy (non-hydrogen) atoms. The maximum absolute atomic E-state index is 12.0. The van der Waals surface area contributed by atoms with Gasteiger partial charge in [0.2, 0.25) is 0 Å². The zero-order valence-electron chi connectivity index (χ0n) is 9.82. The lowest BCUT2D eigenvalue weighted by Gasteiger charge is -2.04. The van der Waals surface area contributed by atoms with Crippen molar-refractivity contribution in [3.63, 3.8) is 0 Å². The number of nitrogens with zero attached hydrogens (tertiary/aromatic N) is 2. The second-order valence-electron chi connectivity index (χ2n) is 3.82. The molecule has 2 N–H and O–H groups in total. The van der Waals surface area contributed by atoms with Crippen molar-refractivity contribution >= 4 is 11.6 Å². The number of carbonyl (C=O) groups is 1. The normalized spacial score (nSPS) is 10.2. The van der Waals surface area contributed by atoms with Gasteiger partial charge in [0.1, 0.15) is 0 Å². The van der Waals surface area contributed by atoms with E-state index >= 15 is 0 Å². The largest absolute Gasteiger partial charge is 0.320 e. The minimum absolute atomic E-state index is 0.164. The van der Waals surface area contributed by atoms with Crippen LogP contribution in [0.25, 0.3) is 0 Å². The number of pyridine rings is 1. The number of rotatable bonds is 3. The SMILES string of the molecule is CCc1[nH]ncc1C(=O)Nc1cncc(C)c1. The third-order valence-electron chi connectivity index (χ3n) is 2.45. The summed E-state index contributed by atoms with van der Waals surface area (Å²) in [7, 11) is 0. The van der Waals surface area contributed by atoms with E-state index in [1.54, 1.807) is 12.4 Å². The van der Waals surface area contributed by atoms with Gasteiger partial charge in [0, 0.05) is 11.9 Å². The molecule has 0 radical (unpaired) electrons. The van der Waals surface area contributed by atoms with Gasteiger partial charge in [-0.3, -0.25) is 14.9 Å². The molecule has 2 rings (SSSR count). The topological polar surface area (TPSA) is 70.7 Å². The molecule has 5 nitrogen and oxygen atoms in total. The van der Waals surface area contributed by atoms with E-state index in [1.165, 1.54) is 6.20 Å². The molecule has 0 atom stereocenters. The first-order valence-corrected chi connectivity index (χ1v) is 5.46. The monoisotopic (exact) mass is 230 g/mol. The number of aromatic nitrogens is 3. The number of amides is 1. The molecular weight excluding hydrogens is 216 g/mol. The van der Waals surface area contributed by atoms with Gasteiger partial charge in [-0.15, -0.1) is 0 Å². The highest BCUT2D eigenvalue weighted by molar-refractivity contribution is 6.04. The molecule has 0 aromatic carbocycles. The van der Waals surface area contributed by atoms with E-state index in [4.69, 9.17) is 0 Å². The number of aryl methyl sites for hydroxylation is 2. The van der Waals surface area contributed by atoms with Crippen molar-refractivity contribution in [2.24, 2.45) is 0 Å². The summed E-state index contributed by atoms with van der Waals surface area (Å²) in [5.41, 5.74) is 3.11. The molecule has 0 saturated heterocycles. The van der Waals surface area contributed by atoms with Crippen LogP contribution < -0.4 is 5.32 Å². The first-order valence-electron chi connectivity index (χ1n) is 5.46. The molecule has 88 valence electrons. The van der Waals surface area contributed by atoms with Crippen molar-refractivity contribution in [2.45, 2.75) is 20.3 Å². The molecule has 0 fully saturated rings. The average Bonchev–Trinajstić information content (AvgIpc) is 2.77. The van der Waals surface area contributed by atoms with Crippen molar-refractivity contribution in [2.75, 3.05) is 5.32 Å². The lowest BCUT2D eigenvalue weighted by atomic mass is 10.2. The zero-order valence-corrected chi connectivity index (χ0v) is 9.82. The van der Waals surface area contributed by atoms with E-state index in [0.717, 1.165) is 17.7 Å². The van der Waals surface area contributed by atoms with Crippen molar-refractivity contribution in [3.05, 3.63) is 41.5 Å². The highest BCUT2D eigenvalue weighted by Gasteiger charge is 2.12.